The van der Waals surface area contributed by atoms with Gasteiger partial charge in [0.1, 0.15) is 0 Å². The van der Waals surface area contributed by atoms with E-state index in [9.17, 15) is 0 Å². The molecule has 0 fully saturated rings. The minimum atomic E-state index is 0.191. The molecule has 0 radical (unpaired) electrons. The molecular weight excluding hydrogens is 234 g/mol. The summed E-state index contributed by atoms with van der Waals surface area (Å²) < 4.78 is 5.57. The van der Waals surface area contributed by atoms with Gasteiger partial charge >= 0.3 is 0 Å². The van der Waals surface area contributed by atoms with Crippen molar-refractivity contribution in [2.24, 2.45) is 5.92 Å². The van der Waals surface area contributed by atoms with Crippen LogP contribution in [0.1, 0.15) is 19.4 Å². The molecule has 1 aromatic rings. The normalized spacial score (nSPS) is 14.9. The highest BCUT2D eigenvalue weighted by atomic mass is 35.5. The molecule has 0 bridgehead atoms. The lowest BCUT2D eigenvalue weighted by Gasteiger charge is -2.29. The van der Waals surface area contributed by atoms with Gasteiger partial charge in [-0.3, -0.25) is 0 Å². The van der Waals surface area contributed by atoms with Gasteiger partial charge in [-0.05, 0) is 31.0 Å². The van der Waals surface area contributed by atoms with Gasteiger partial charge in [0.2, 0.25) is 0 Å². The second kappa shape index (κ2) is 7.00. The van der Waals surface area contributed by atoms with E-state index in [-0.39, 0.29) is 12.1 Å². The summed E-state index contributed by atoms with van der Waals surface area (Å²) in [6, 6.07) is 8.25. The molecule has 2 atom stereocenters. The van der Waals surface area contributed by atoms with E-state index in [0.29, 0.717) is 5.92 Å². The smallest absolute Gasteiger partial charge is 0.0750 e. The van der Waals surface area contributed by atoms with Gasteiger partial charge in [-0.1, -0.05) is 43.6 Å². The number of halogens is 1. The molecule has 1 aromatic carbocycles. The lowest BCUT2D eigenvalue weighted by molar-refractivity contribution is 0.0354. The first-order chi connectivity index (χ1) is 8.10. The van der Waals surface area contributed by atoms with E-state index >= 15 is 0 Å². The first-order valence-corrected chi connectivity index (χ1v) is 6.41. The summed E-state index contributed by atoms with van der Waals surface area (Å²) in [7, 11) is 3.73. The Hall–Kier alpha value is -0.570. The van der Waals surface area contributed by atoms with Gasteiger partial charge in [0.05, 0.1) is 6.10 Å². The van der Waals surface area contributed by atoms with Crippen molar-refractivity contribution in [2.45, 2.75) is 32.4 Å². The largest absolute Gasteiger partial charge is 0.380 e. The SMILES string of the molecule is CNC(Cc1ccccc1Cl)C(OC)C(C)C. The number of hydrogen-bond donors (Lipinski definition) is 1. The number of benzene rings is 1. The average Bonchev–Trinajstić information content (AvgIpc) is 2.30. The first kappa shape index (κ1) is 14.5. The van der Waals surface area contributed by atoms with E-state index in [2.05, 4.69) is 25.2 Å². The highest BCUT2D eigenvalue weighted by Crippen LogP contribution is 2.20. The summed E-state index contributed by atoms with van der Waals surface area (Å²) in [5, 5.41) is 4.15. The van der Waals surface area contributed by atoms with Crippen LogP contribution in [0.4, 0.5) is 0 Å². The Labute approximate surface area is 109 Å². The number of hydrogen-bond acceptors (Lipinski definition) is 2. The predicted molar refractivity (Wildman–Crippen MR) is 73.6 cm³/mol. The third-order valence-electron chi connectivity index (χ3n) is 3.09. The van der Waals surface area contributed by atoms with Crippen molar-refractivity contribution in [3.8, 4) is 0 Å². The molecule has 0 aromatic heterocycles. The molecule has 0 saturated carbocycles. The number of ether oxygens (including phenoxy) is 1. The Morgan fingerprint density at radius 1 is 1.29 bits per heavy atom. The van der Waals surface area contributed by atoms with Crippen molar-refractivity contribution in [1.82, 2.24) is 5.32 Å². The van der Waals surface area contributed by atoms with E-state index < -0.39 is 0 Å². The highest BCUT2D eigenvalue weighted by molar-refractivity contribution is 6.31. The molecule has 3 heteroatoms. The van der Waals surface area contributed by atoms with E-state index in [4.69, 9.17) is 16.3 Å². The monoisotopic (exact) mass is 255 g/mol. The second-order valence-corrected chi connectivity index (χ2v) is 5.04. The number of rotatable bonds is 6. The molecule has 96 valence electrons. The Kier molecular flexibility index (Phi) is 5.96. The second-order valence-electron chi connectivity index (χ2n) is 4.64. The van der Waals surface area contributed by atoms with Gasteiger partial charge in [0.15, 0.2) is 0 Å². The van der Waals surface area contributed by atoms with Gasteiger partial charge in [-0.25, -0.2) is 0 Å². The van der Waals surface area contributed by atoms with Crippen LogP contribution in [0, 0.1) is 5.92 Å². The van der Waals surface area contributed by atoms with Crippen molar-refractivity contribution < 1.29 is 4.74 Å². The van der Waals surface area contributed by atoms with Crippen LogP contribution in [0.15, 0.2) is 24.3 Å². The number of methoxy groups -OCH3 is 1. The van der Waals surface area contributed by atoms with Gasteiger partial charge < -0.3 is 10.1 Å². The van der Waals surface area contributed by atoms with Crippen molar-refractivity contribution >= 4 is 11.6 Å². The van der Waals surface area contributed by atoms with Crippen molar-refractivity contribution in [2.75, 3.05) is 14.2 Å². The van der Waals surface area contributed by atoms with Crippen LogP contribution in [0.3, 0.4) is 0 Å². The zero-order valence-corrected chi connectivity index (χ0v) is 11.8. The van der Waals surface area contributed by atoms with E-state index in [1.165, 1.54) is 0 Å². The molecule has 0 aliphatic rings. The summed E-state index contributed by atoms with van der Waals surface area (Å²) >= 11 is 6.18. The predicted octanol–water partition coefficient (Wildman–Crippen LogP) is 3.14. The fourth-order valence-corrected chi connectivity index (χ4v) is 2.40. The van der Waals surface area contributed by atoms with Gasteiger partial charge in [0, 0.05) is 18.2 Å². The van der Waals surface area contributed by atoms with Crippen LogP contribution in [0.25, 0.3) is 0 Å². The van der Waals surface area contributed by atoms with Crippen LogP contribution in [-0.2, 0) is 11.2 Å². The number of nitrogens with one attached hydrogen (secondary N) is 1. The fraction of sp³-hybridized carbons (Fsp3) is 0.571. The van der Waals surface area contributed by atoms with E-state index in [1.807, 2.05) is 25.2 Å². The highest BCUT2D eigenvalue weighted by Gasteiger charge is 2.23. The summed E-state index contributed by atoms with van der Waals surface area (Å²) in [4.78, 5) is 0. The Bertz CT molecular complexity index is 341. The maximum Gasteiger partial charge on any atom is 0.0750 e. The third kappa shape index (κ3) is 3.98. The Morgan fingerprint density at radius 3 is 2.41 bits per heavy atom. The molecular formula is C14H22ClNO. The summed E-state index contributed by atoms with van der Waals surface area (Å²) in [5.74, 6) is 0.472. The topological polar surface area (TPSA) is 21.3 Å². The van der Waals surface area contributed by atoms with Crippen LogP contribution in [0.2, 0.25) is 5.02 Å². The first-order valence-electron chi connectivity index (χ1n) is 6.03. The summed E-state index contributed by atoms with van der Waals surface area (Å²) in [6.07, 6.45) is 1.07. The minimum absolute atomic E-state index is 0.191. The molecule has 1 N–H and O–H groups in total. The lowest BCUT2D eigenvalue weighted by Crippen LogP contribution is -2.43. The minimum Gasteiger partial charge on any atom is -0.380 e. The zero-order chi connectivity index (χ0) is 12.8. The van der Waals surface area contributed by atoms with Crippen LogP contribution >= 0.6 is 11.6 Å². The van der Waals surface area contributed by atoms with Crippen LogP contribution in [0.5, 0.6) is 0 Å². The molecule has 2 nitrogen and oxygen atoms in total. The van der Waals surface area contributed by atoms with E-state index in [0.717, 1.165) is 17.0 Å². The van der Waals surface area contributed by atoms with Crippen molar-refractivity contribution in [3.63, 3.8) is 0 Å². The van der Waals surface area contributed by atoms with E-state index in [1.54, 1.807) is 7.11 Å². The maximum atomic E-state index is 6.18. The molecule has 0 spiro atoms. The number of likely N-dealkylation sites (N-methyl/N-ethyl adjacent to an activating group) is 1. The fourth-order valence-electron chi connectivity index (χ4n) is 2.18. The summed E-state index contributed by atoms with van der Waals surface area (Å²) in [5.41, 5.74) is 1.16. The standard InChI is InChI=1S/C14H22ClNO/c1-10(2)14(17-4)13(16-3)9-11-7-5-6-8-12(11)15/h5-8,10,13-14,16H,9H2,1-4H3. The Balaban J connectivity index is 2.79. The van der Waals surface area contributed by atoms with Gasteiger partial charge in [0.25, 0.3) is 0 Å². The van der Waals surface area contributed by atoms with Gasteiger partial charge in [-0.15, -0.1) is 0 Å². The molecule has 1 rings (SSSR count). The quantitative estimate of drug-likeness (QED) is 0.843. The Morgan fingerprint density at radius 2 is 1.94 bits per heavy atom. The molecule has 0 aliphatic carbocycles. The molecule has 17 heavy (non-hydrogen) atoms. The third-order valence-corrected chi connectivity index (χ3v) is 3.46. The molecule has 0 amide bonds. The molecule has 0 heterocycles. The average molecular weight is 256 g/mol. The van der Waals surface area contributed by atoms with Gasteiger partial charge in [-0.2, -0.15) is 0 Å². The van der Waals surface area contributed by atoms with Crippen molar-refractivity contribution in [3.05, 3.63) is 34.9 Å². The van der Waals surface area contributed by atoms with Crippen LogP contribution in [-0.4, -0.2) is 26.3 Å². The molecule has 0 aliphatic heterocycles. The molecule has 0 saturated heterocycles. The lowest BCUT2D eigenvalue weighted by atomic mass is 9.94. The molecule has 2 unspecified atom stereocenters. The zero-order valence-electron chi connectivity index (χ0n) is 11.0. The summed E-state index contributed by atoms with van der Waals surface area (Å²) in [6.45, 7) is 4.34. The maximum absolute atomic E-state index is 6.18. The van der Waals surface area contributed by atoms with Crippen molar-refractivity contribution in [1.29, 1.82) is 0 Å². The van der Waals surface area contributed by atoms with Crippen LogP contribution < -0.4 is 5.32 Å².